The van der Waals surface area contributed by atoms with Crippen molar-refractivity contribution in [1.82, 2.24) is 10.6 Å². The largest absolute Gasteiger partial charge is 0.395 e. The topological polar surface area (TPSA) is 78.4 Å². The molecular weight excluding hydrogens is 184 g/mol. The van der Waals surface area contributed by atoms with Crippen molar-refractivity contribution in [3.63, 3.8) is 0 Å². The van der Waals surface area contributed by atoms with Gasteiger partial charge in [0.05, 0.1) is 6.61 Å². The van der Waals surface area contributed by atoms with E-state index in [-0.39, 0.29) is 25.5 Å². The average molecular weight is 195 g/mol. The van der Waals surface area contributed by atoms with Gasteiger partial charge in [0.15, 0.2) is 0 Å². The van der Waals surface area contributed by atoms with Crippen LogP contribution in [0.4, 0.5) is 4.79 Å². The van der Waals surface area contributed by atoms with Crippen LogP contribution in [-0.4, -0.2) is 36.1 Å². The van der Waals surface area contributed by atoms with Crippen molar-refractivity contribution < 1.29 is 14.7 Å². The molecule has 0 radical (unpaired) electrons. The van der Waals surface area contributed by atoms with Gasteiger partial charge in [-0.15, -0.1) is 11.6 Å². The zero-order chi connectivity index (χ0) is 9.40. The molecule has 0 bridgehead atoms. The third-order valence-electron chi connectivity index (χ3n) is 0.972. The maximum atomic E-state index is 10.7. The van der Waals surface area contributed by atoms with Crippen molar-refractivity contribution in [2.45, 2.75) is 6.42 Å². The third-order valence-corrected chi connectivity index (χ3v) is 1.16. The van der Waals surface area contributed by atoms with Gasteiger partial charge in [-0.3, -0.25) is 10.1 Å². The Morgan fingerprint density at radius 3 is 2.58 bits per heavy atom. The average Bonchev–Trinajstić information content (AvgIpc) is 2.01. The summed E-state index contributed by atoms with van der Waals surface area (Å²) < 4.78 is 0. The highest BCUT2D eigenvalue weighted by Gasteiger charge is 2.04. The quantitative estimate of drug-likeness (QED) is 0.525. The van der Waals surface area contributed by atoms with Gasteiger partial charge in [-0.1, -0.05) is 0 Å². The molecule has 5 nitrogen and oxygen atoms in total. The van der Waals surface area contributed by atoms with Crippen molar-refractivity contribution in [2.75, 3.05) is 19.0 Å². The minimum atomic E-state index is -0.612. The molecule has 0 aliphatic carbocycles. The number of halogens is 1. The zero-order valence-electron chi connectivity index (χ0n) is 6.47. The van der Waals surface area contributed by atoms with Gasteiger partial charge in [0.25, 0.3) is 0 Å². The molecule has 0 saturated heterocycles. The van der Waals surface area contributed by atoms with Crippen LogP contribution in [0, 0.1) is 0 Å². The minimum Gasteiger partial charge on any atom is -0.395 e. The van der Waals surface area contributed by atoms with Crippen LogP contribution >= 0.6 is 11.6 Å². The predicted octanol–water partition coefficient (Wildman–Crippen LogP) is -0.567. The summed E-state index contributed by atoms with van der Waals surface area (Å²) in [5.41, 5.74) is 0. The molecule has 0 aromatic carbocycles. The van der Waals surface area contributed by atoms with Crippen LogP contribution in [0.1, 0.15) is 6.42 Å². The number of carbonyl (C=O) groups excluding carboxylic acids is 2. The number of hydrogen-bond acceptors (Lipinski definition) is 3. The van der Waals surface area contributed by atoms with E-state index in [9.17, 15) is 9.59 Å². The van der Waals surface area contributed by atoms with Crippen molar-refractivity contribution in [3.8, 4) is 0 Å². The van der Waals surface area contributed by atoms with Crippen LogP contribution in [0.5, 0.6) is 0 Å². The first kappa shape index (κ1) is 11.2. The van der Waals surface area contributed by atoms with E-state index < -0.39 is 11.9 Å². The number of alkyl halides is 1. The van der Waals surface area contributed by atoms with Crippen LogP contribution in [0.25, 0.3) is 0 Å². The first-order chi connectivity index (χ1) is 5.70. The van der Waals surface area contributed by atoms with E-state index in [1.165, 1.54) is 0 Å². The monoisotopic (exact) mass is 194 g/mol. The van der Waals surface area contributed by atoms with Gasteiger partial charge in [0.2, 0.25) is 5.91 Å². The summed E-state index contributed by atoms with van der Waals surface area (Å²) in [7, 11) is 0. The molecule has 3 amide bonds. The zero-order valence-corrected chi connectivity index (χ0v) is 7.23. The molecule has 0 spiro atoms. The van der Waals surface area contributed by atoms with E-state index in [2.05, 4.69) is 5.32 Å². The lowest BCUT2D eigenvalue weighted by Crippen LogP contribution is -2.40. The molecule has 0 fully saturated rings. The SMILES string of the molecule is O=C(CCCl)NC(=O)NCCO. The fourth-order valence-electron chi connectivity index (χ4n) is 0.489. The second-order valence-corrected chi connectivity index (χ2v) is 2.34. The molecule has 0 atom stereocenters. The van der Waals surface area contributed by atoms with Crippen LogP contribution < -0.4 is 10.6 Å². The Labute approximate surface area is 75.1 Å². The summed E-state index contributed by atoms with van der Waals surface area (Å²) in [6.07, 6.45) is 0.105. The summed E-state index contributed by atoms with van der Waals surface area (Å²) in [4.78, 5) is 21.4. The molecule has 70 valence electrons. The number of rotatable bonds is 4. The molecule has 0 saturated carbocycles. The van der Waals surface area contributed by atoms with Crippen LogP contribution in [0.15, 0.2) is 0 Å². The van der Waals surface area contributed by atoms with E-state index in [1.807, 2.05) is 5.32 Å². The van der Waals surface area contributed by atoms with Crippen molar-refractivity contribution >= 4 is 23.5 Å². The number of aliphatic hydroxyl groups excluding tert-OH is 1. The van der Waals surface area contributed by atoms with Gasteiger partial charge in [-0.2, -0.15) is 0 Å². The van der Waals surface area contributed by atoms with Crippen LogP contribution in [0.2, 0.25) is 0 Å². The Hall–Kier alpha value is -0.810. The number of urea groups is 1. The molecule has 6 heteroatoms. The fraction of sp³-hybridized carbons (Fsp3) is 0.667. The maximum absolute atomic E-state index is 10.7. The Bertz CT molecular complexity index is 163. The highest BCUT2D eigenvalue weighted by molar-refractivity contribution is 6.19. The molecule has 0 aromatic rings. The van der Waals surface area contributed by atoms with Gasteiger partial charge < -0.3 is 10.4 Å². The molecule has 0 aromatic heterocycles. The molecule has 0 aliphatic heterocycles. The Kier molecular flexibility index (Phi) is 6.41. The summed E-state index contributed by atoms with van der Waals surface area (Å²) >= 11 is 5.25. The smallest absolute Gasteiger partial charge is 0.321 e. The summed E-state index contributed by atoms with van der Waals surface area (Å²) in [5, 5.41) is 12.6. The second kappa shape index (κ2) is 6.87. The van der Waals surface area contributed by atoms with Crippen LogP contribution in [0.3, 0.4) is 0 Å². The second-order valence-electron chi connectivity index (χ2n) is 1.97. The van der Waals surface area contributed by atoms with Gasteiger partial charge in [0.1, 0.15) is 0 Å². The van der Waals surface area contributed by atoms with Crippen LogP contribution in [-0.2, 0) is 4.79 Å². The summed E-state index contributed by atoms with van der Waals surface area (Å²) in [6.45, 7) is -0.0306. The Morgan fingerprint density at radius 2 is 2.08 bits per heavy atom. The minimum absolute atomic E-state index is 0.105. The highest BCUT2D eigenvalue weighted by atomic mass is 35.5. The lowest BCUT2D eigenvalue weighted by molar-refractivity contribution is -0.119. The standard InChI is InChI=1S/C6H11ClN2O3/c7-2-1-5(11)9-6(12)8-3-4-10/h10H,1-4H2,(H2,8,9,11,12). The number of amides is 3. The van der Waals surface area contributed by atoms with E-state index in [0.29, 0.717) is 0 Å². The normalized spacial score (nSPS) is 9.17. The highest BCUT2D eigenvalue weighted by Crippen LogP contribution is 1.83. The summed E-state index contributed by atoms with van der Waals surface area (Å²) in [5.74, 6) is -0.250. The Morgan fingerprint density at radius 1 is 1.42 bits per heavy atom. The van der Waals surface area contributed by atoms with E-state index in [4.69, 9.17) is 16.7 Å². The number of carbonyl (C=O) groups is 2. The van der Waals surface area contributed by atoms with Gasteiger partial charge in [0, 0.05) is 18.8 Å². The van der Waals surface area contributed by atoms with E-state index >= 15 is 0 Å². The first-order valence-corrected chi connectivity index (χ1v) is 3.98. The van der Waals surface area contributed by atoms with Gasteiger partial charge in [-0.25, -0.2) is 4.79 Å². The molecular formula is C6H11ClN2O3. The van der Waals surface area contributed by atoms with E-state index in [0.717, 1.165) is 0 Å². The molecule has 3 N–H and O–H groups in total. The van der Waals surface area contributed by atoms with Crippen molar-refractivity contribution in [3.05, 3.63) is 0 Å². The number of hydrogen-bond donors (Lipinski definition) is 3. The third kappa shape index (κ3) is 5.94. The molecule has 0 rings (SSSR count). The fourth-order valence-corrected chi connectivity index (χ4v) is 0.660. The van der Waals surface area contributed by atoms with Crippen molar-refractivity contribution in [1.29, 1.82) is 0 Å². The molecule has 0 unspecified atom stereocenters. The molecule has 12 heavy (non-hydrogen) atoms. The van der Waals surface area contributed by atoms with Crippen molar-refractivity contribution in [2.24, 2.45) is 0 Å². The molecule has 0 heterocycles. The van der Waals surface area contributed by atoms with Gasteiger partial charge in [-0.05, 0) is 0 Å². The van der Waals surface area contributed by atoms with Gasteiger partial charge >= 0.3 is 6.03 Å². The lowest BCUT2D eigenvalue weighted by Gasteiger charge is -2.03. The Balaban J connectivity index is 3.47. The number of aliphatic hydroxyl groups is 1. The maximum Gasteiger partial charge on any atom is 0.321 e. The number of nitrogens with one attached hydrogen (secondary N) is 2. The summed E-state index contributed by atoms with van der Waals surface area (Å²) in [6, 6.07) is -0.612. The van der Waals surface area contributed by atoms with E-state index in [1.54, 1.807) is 0 Å². The lowest BCUT2D eigenvalue weighted by atomic mass is 10.4. The first-order valence-electron chi connectivity index (χ1n) is 3.45. The predicted molar refractivity (Wildman–Crippen MR) is 44.0 cm³/mol. The molecule has 0 aliphatic rings. The number of imide groups is 1.